The van der Waals surface area contributed by atoms with Gasteiger partial charge in [0.1, 0.15) is 17.0 Å². The van der Waals surface area contributed by atoms with Crippen LogP contribution in [0.3, 0.4) is 0 Å². The Bertz CT molecular complexity index is 981. The zero-order valence-corrected chi connectivity index (χ0v) is 24.2. The second kappa shape index (κ2) is 8.17. The van der Waals surface area contributed by atoms with Crippen molar-refractivity contribution in [3.8, 4) is 0 Å². The highest BCUT2D eigenvalue weighted by Crippen LogP contribution is 2.86. The smallest absolute Gasteiger partial charge is 0.333 e. The molecular formula is C32H50O4. The molecule has 4 nitrogen and oxygen atoms in total. The summed E-state index contributed by atoms with van der Waals surface area (Å²) >= 11 is 0. The highest BCUT2D eigenvalue weighted by Gasteiger charge is 2.90. The highest BCUT2D eigenvalue weighted by molar-refractivity contribution is 5.87. The first kappa shape index (κ1) is 26.4. The molecule has 2 unspecified atom stereocenters. The van der Waals surface area contributed by atoms with E-state index in [0.29, 0.717) is 36.6 Å². The lowest BCUT2D eigenvalue weighted by Crippen LogP contribution is -2.65. The summed E-state index contributed by atoms with van der Waals surface area (Å²) in [5.41, 5.74) is 1.02. The molecule has 202 valence electrons. The Hall–Kier alpha value is -1.16. The topological polar surface area (TPSA) is 55.9 Å². The molecule has 0 amide bonds. The third-order valence-corrected chi connectivity index (χ3v) is 13.2. The van der Waals surface area contributed by atoms with Gasteiger partial charge in [-0.2, -0.15) is 0 Å². The van der Waals surface area contributed by atoms with Gasteiger partial charge in [-0.25, -0.2) is 4.79 Å². The van der Waals surface area contributed by atoms with Crippen molar-refractivity contribution in [2.75, 3.05) is 6.61 Å². The van der Waals surface area contributed by atoms with Gasteiger partial charge in [-0.15, -0.1) is 0 Å². The number of ether oxygens (including phenoxy) is 2. The van der Waals surface area contributed by atoms with Crippen LogP contribution in [0.5, 0.6) is 0 Å². The predicted molar refractivity (Wildman–Crippen MR) is 142 cm³/mol. The molecule has 0 aromatic carbocycles. The third kappa shape index (κ3) is 3.03. The first-order valence-corrected chi connectivity index (χ1v) is 14.8. The van der Waals surface area contributed by atoms with E-state index in [1.54, 1.807) is 0 Å². The molecule has 4 saturated carbocycles. The number of carbonyl (C=O) groups excluding carboxylic acids is 2. The molecule has 0 aromatic rings. The maximum Gasteiger partial charge on any atom is 0.333 e. The quantitative estimate of drug-likeness (QED) is 0.217. The number of allylic oxidation sites excluding steroid dienone is 1. The van der Waals surface area contributed by atoms with Crippen molar-refractivity contribution in [1.82, 2.24) is 0 Å². The van der Waals surface area contributed by atoms with E-state index in [4.69, 9.17) is 9.47 Å². The number of fused-ring (bicyclic) bond motifs is 2. The molecule has 36 heavy (non-hydrogen) atoms. The minimum Gasteiger partial charge on any atom is -0.463 e. The van der Waals surface area contributed by atoms with Gasteiger partial charge in [0.2, 0.25) is 0 Å². The Morgan fingerprint density at radius 1 is 1.03 bits per heavy atom. The molecule has 4 heteroatoms. The van der Waals surface area contributed by atoms with Crippen molar-refractivity contribution in [3.05, 3.63) is 11.6 Å². The SMILES string of the molecule is CCOC(=O)/C(C)=C/CC[C@@H](C)[C@H]1CC[C@@]2(C)C34CC[C@H]5C(C)(C)C(=O)CC[C@]5(C)C3(CC[C@]12C)O4. The first-order valence-electron chi connectivity index (χ1n) is 14.8. The maximum atomic E-state index is 12.9. The molecule has 5 fully saturated rings. The predicted octanol–water partition coefficient (Wildman–Crippen LogP) is 7.44. The molecule has 5 rings (SSSR count). The number of ketones is 1. The number of rotatable bonds is 6. The van der Waals surface area contributed by atoms with Crippen molar-refractivity contribution in [2.24, 2.45) is 39.4 Å². The molecule has 1 saturated heterocycles. The summed E-state index contributed by atoms with van der Waals surface area (Å²) in [5, 5.41) is 0. The van der Waals surface area contributed by atoms with E-state index in [1.807, 2.05) is 13.8 Å². The molecule has 0 N–H and O–H groups in total. The molecule has 1 heterocycles. The second-order valence-electron chi connectivity index (χ2n) is 14.5. The van der Waals surface area contributed by atoms with E-state index in [1.165, 1.54) is 19.3 Å². The zero-order chi connectivity index (χ0) is 26.4. The van der Waals surface area contributed by atoms with Crippen molar-refractivity contribution in [3.63, 3.8) is 0 Å². The van der Waals surface area contributed by atoms with Crippen LogP contribution in [-0.4, -0.2) is 29.6 Å². The molecule has 0 bridgehead atoms. The van der Waals surface area contributed by atoms with Gasteiger partial charge >= 0.3 is 5.97 Å². The van der Waals surface area contributed by atoms with Gasteiger partial charge in [0, 0.05) is 28.2 Å². The summed E-state index contributed by atoms with van der Waals surface area (Å²) in [6.07, 6.45) is 13.0. The summed E-state index contributed by atoms with van der Waals surface area (Å²) < 4.78 is 12.4. The second-order valence-corrected chi connectivity index (χ2v) is 14.5. The van der Waals surface area contributed by atoms with E-state index < -0.39 is 0 Å². The number of carbonyl (C=O) groups is 2. The Labute approximate surface area is 219 Å². The van der Waals surface area contributed by atoms with Gasteiger partial charge in [-0.1, -0.05) is 47.6 Å². The third-order valence-electron chi connectivity index (χ3n) is 13.2. The van der Waals surface area contributed by atoms with E-state index in [2.05, 4.69) is 47.6 Å². The molecule has 8 atom stereocenters. The highest BCUT2D eigenvalue weighted by atomic mass is 16.6. The fraction of sp³-hybridized carbons (Fsp3) is 0.875. The summed E-state index contributed by atoms with van der Waals surface area (Å²) in [6, 6.07) is 0. The van der Waals surface area contributed by atoms with Crippen molar-refractivity contribution >= 4 is 11.8 Å². The van der Waals surface area contributed by atoms with Crippen molar-refractivity contribution in [1.29, 1.82) is 0 Å². The lowest BCUT2D eigenvalue weighted by atomic mass is 9.38. The summed E-state index contributed by atoms with van der Waals surface area (Å²) in [4.78, 5) is 24.9. The standard InChI is InChI=1S/C32H50O4/c1-9-35-26(34)22(3)12-10-11-21(2)23-13-17-30(8)28(23,6)19-20-31-29(7)16-15-25(33)27(4,5)24(29)14-18-32(30,31)36-31/h12,21,23-24H,9-11,13-20H2,1-8H3/b22-12+/t21-,23-,24+,28-,29+,30-,31?,32?/m1/s1. The van der Waals surface area contributed by atoms with E-state index in [0.717, 1.165) is 44.1 Å². The molecule has 0 aromatic heterocycles. The number of hydrogen-bond donors (Lipinski definition) is 0. The van der Waals surface area contributed by atoms with Gasteiger partial charge in [0.15, 0.2) is 0 Å². The van der Waals surface area contributed by atoms with Crippen LogP contribution >= 0.6 is 0 Å². The van der Waals surface area contributed by atoms with Crippen LogP contribution in [0, 0.1) is 39.4 Å². The Balaban J connectivity index is 1.36. The van der Waals surface area contributed by atoms with Crippen molar-refractivity contribution < 1.29 is 19.1 Å². The van der Waals surface area contributed by atoms with Crippen LogP contribution in [-0.2, 0) is 19.1 Å². The Morgan fingerprint density at radius 3 is 2.44 bits per heavy atom. The average molecular weight is 499 g/mol. The van der Waals surface area contributed by atoms with Gasteiger partial charge in [-0.3, -0.25) is 4.79 Å². The van der Waals surface area contributed by atoms with Gasteiger partial charge < -0.3 is 9.47 Å². The lowest BCUT2D eigenvalue weighted by molar-refractivity contribution is -0.154. The molecule has 0 radical (unpaired) electrons. The fourth-order valence-electron chi connectivity index (χ4n) is 10.9. The van der Waals surface area contributed by atoms with E-state index >= 15 is 0 Å². The number of hydrogen-bond acceptors (Lipinski definition) is 4. The first-order chi connectivity index (χ1) is 16.8. The minimum atomic E-state index is -0.233. The number of Topliss-reactive ketones (excluding diaryl/α,β-unsaturated/α-hetero) is 1. The monoisotopic (exact) mass is 498 g/mol. The van der Waals surface area contributed by atoms with Crippen LogP contribution in [0.15, 0.2) is 11.6 Å². The van der Waals surface area contributed by atoms with Crippen LogP contribution in [0.25, 0.3) is 0 Å². The maximum absolute atomic E-state index is 12.9. The zero-order valence-electron chi connectivity index (χ0n) is 24.2. The van der Waals surface area contributed by atoms with Crippen molar-refractivity contribution in [2.45, 2.75) is 131 Å². The summed E-state index contributed by atoms with van der Waals surface area (Å²) in [5.74, 6) is 2.01. The lowest BCUT2D eigenvalue weighted by Gasteiger charge is -2.62. The Morgan fingerprint density at radius 2 is 1.75 bits per heavy atom. The summed E-state index contributed by atoms with van der Waals surface area (Å²) in [7, 11) is 0. The van der Waals surface area contributed by atoms with Crippen LogP contribution < -0.4 is 0 Å². The number of epoxide rings is 1. The molecule has 4 aliphatic carbocycles. The van der Waals surface area contributed by atoms with E-state index in [-0.39, 0.29) is 38.8 Å². The number of esters is 1. The van der Waals surface area contributed by atoms with Crippen LogP contribution in [0.4, 0.5) is 0 Å². The van der Waals surface area contributed by atoms with Gasteiger partial charge in [-0.05, 0) is 94.8 Å². The molecule has 5 aliphatic rings. The fourth-order valence-corrected chi connectivity index (χ4v) is 10.9. The van der Waals surface area contributed by atoms with Crippen LogP contribution in [0.2, 0.25) is 0 Å². The van der Waals surface area contributed by atoms with Gasteiger partial charge in [0.05, 0.1) is 6.61 Å². The average Bonchev–Trinajstić information content (AvgIpc) is 3.45. The minimum absolute atomic E-state index is 0.0103. The molecule has 0 spiro atoms. The molecule has 1 aliphatic heterocycles. The van der Waals surface area contributed by atoms with E-state index in [9.17, 15) is 9.59 Å². The largest absolute Gasteiger partial charge is 0.463 e. The van der Waals surface area contributed by atoms with Crippen LogP contribution in [0.1, 0.15) is 120 Å². The Kier molecular flexibility index (Phi) is 6.00. The van der Waals surface area contributed by atoms with Gasteiger partial charge in [0.25, 0.3) is 0 Å². The summed E-state index contributed by atoms with van der Waals surface area (Å²) in [6.45, 7) is 18.7. The normalized spacial score (nSPS) is 47.8. The molecular weight excluding hydrogens is 448 g/mol.